The van der Waals surface area contributed by atoms with Gasteiger partial charge in [-0.25, -0.2) is 9.78 Å². The van der Waals surface area contributed by atoms with Gasteiger partial charge < -0.3 is 36.9 Å². The summed E-state index contributed by atoms with van der Waals surface area (Å²) < 4.78 is 0. The number of nitrogens with two attached hydrogens (primary N) is 1. The molecule has 190 valence electrons. The van der Waals surface area contributed by atoms with Gasteiger partial charge >= 0.3 is 11.9 Å². The molecule has 0 radical (unpaired) electrons. The molecule has 0 saturated carbocycles. The van der Waals surface area contributed by atoms with Gasteiger partial charge in [0.25, 0.3) is 0 Å². The smallest absolute Gasteiger partial charge is 0.326 e. The third kappa shape index (κ3) is 10.4. The molecule has 15 heteroatoms. The van der Waals surface area contributed by atoms with E-state index in [0.717, 1.165) is 0 Å². The van der Waals surface area contributed by atoms with Crippen LogP contribution >= 0.6 is 24.4 Å². The van der Waals surface area contributed by atoms with Crippen LogP contribution in [0.3, 0.4) is 0 Å². The summed E-state index contributed by atoms with van der Waals surface area (Å²) in [5.41, 5.74) is 6.48. The predicted octanol–water partition coefficient (Wildman–Crippen LogP) is -1.63. The Labute approximate surface area is 205 Å². The van der Waals surface area contributed by atoms with Crippen LogP contribution < -0.4 is 21.7 Å². The van der Waals surface area contributed by atoms with Crippen LogP contribution in [-0.4, -0.2) is 91.8 Å². The number of nitrogens with zero attached hydrogens (tertiary/aromatic N) is 1. The minimum absolute atomic E-state index is 0.132. The number of imidazole rings is 1. The number of carboxylic acids is 2. The Morgan fingerprint density at radius 2 is 1.68 bits per heavy atom. The monoisotopic (exact) mass is 518 g/mol. The standard InChI is InChI=1S/C19H30N6O7S2/c1-34-5-4-13(19(31)32)24-17(29)12(2-3-15(26)27)23-18(30)14(8-33)25-16(28)11(20)6-10-7-21-9-22-10/h7,9,11-14,33H,2-6,8,20H2,1H3,(H,21,22)(H,23,30)(H,24,29)(H,25,28)(H,26,27)(H,31,32). The average Bonchev–Trinajstić information content (AvgIpc) is 3.29. The first-order chi connectivity index (χ1) is 16.1. The zero-order chi connectivity index (χ0) is 25.7. The van der Waals surface area contributed by atoms with Crippen molar-refractivity contribution in [2.45, 2.75) is 49.9 Å². The number of carbonyl (C=O) groups is 5. The highest BCUT2D eigenvalue weighted by molar-refractivity contribution is 7.98. The van der Waals surface area contributed by atoms with Gasteiger partial charge in [0.1, 0.15) is 18.1 Å². The van der Waals surface area contributed by atoms with Crippen molar-refractivity contribution in [3.8, 4) is 0 Å². The van der Waals surface area contributed by atoms with E-state index in [-0.39, 0.29) is 25.0 Å². The molecule has 0 saturated heterocycles. The summed E-state index contributed by atoms with van der Waals surface area (Å²) in [5, 5.41) is 25.4. The topological polar surface area (TPSA) is 217 Å². The Bertz CT molecular complexity index is 839. The maximum atomic E-state index is 12.7. The van der Waals surface area contributed by atoms with E-state index in [2.05, 4.69) is 38.5 Å². The first kappa shape index (κ1) is 29.3. The number of hydrogen-bond acceptors (Lipinski definition) is 9. The number of aromatic nitrogens is 2. The minimum atomic E-state index is -1.34. The number of amides is 3. The fourth-order valence-corrected chi connectivity index (χ4v) is 3.50. The number of rotatable bonds is 16. The average molecular weight is 519 g/mol. The summed E-state index contributed by atoms with van der Waals surface area (Å²) in [6, 6.07) is -4.70. The van der Waals surface area contributed by atoms with Gasteiger partial charge in [-0.3, -0.25) is 19.2 Å². The van der Waals surface area contributed by atoms with Crippen molar-refractivity contribution in [2.75, 3.05) is 17.8 Å². The fraction of sp³-hybridized carbons (Fsp3) is 0.579. The maximum absolute atomic E-state index is 12.7. The molecule has 1 rings (SSSR count). The Morgan fingerprint density at radius 3 is 2.21 bits per heavy atom. The van der Waals surface area contributed by atoms with Crippen molar-refractivity contribution in [3.63, 3.8) is 0 Å². The zero-order valence-corrected chi connectivity index (χ0v) is 20.2. The number of carbonyl (C=O) groups excluding carboxylic acids is 3. The number of thioether (sulfide) groups is 1. The highest BCUT2D eigenvalue weighted by Crippen LogP contribution is 2.05. The van der Waals surface area contributed by atoms with Crippen molar-refractivity contribution in [3.05, 3.63) is 18.2 Å². The molecule has 13 nitrogen and oxygen atoms in total. The lowest BCUT2D eigenvalue weighted by molar-refractivity contribution is -0.143. The van der Waals surface area contributed by atoms with Crippen molar-refractivity contribution in [1.82, 2.24) is 25.9 Å². The van der Waals surface area contributed by atoms with Crippen molar-refractivity contribution in [1.29, 1.82) is 0 Å². The van der Waals surface area contributed by atoms with Gasteiger partial charge in [0.15, 0.2) is 0 Å². The summed E-state index contributed by atoms with van der Waals surface area (Å²) in [4.78, 5) is 66.8. The normalized spacial score (nSPS) is 14.3. The Kier molecular flexibility index (Phi) is 13.1. The number of nitrogens with one attached hydrogen (secondary N) is 4. The Morgan fingerprint density at radius 1 is 1.06 bits per heavy atom. The van der Waals surface area contributed by atoms with Gasteiger partial charge in [0, 0.05) is 30.5 Å². The van der Waals surface area contributed by atoms with Crippen LogP contribution in [0.1, 0.15) is 25.0 Å². The molecule has 0 aliphatic carbocycles. The van der Waals surface area contributed by atoms with Crippen molar-refractivity contribution < 1.29 is 34.2 Å². The highest BCUT2D eigenvalue weighted by atomic mass is 32.2. The SMILES string of the molecule is CSCCC(NC(=O)C(CCC(=O)O)NC(=O)C(CS)NC(=O)C(N)Cc1cnc[nH]1)C(=O)O. The van der Waals surface area contributed by atoms with Gasteiger partial charge in [-0.1, -0.05) is 0 Å². The van der Waals surface area contributed by atoms with Crippen molar-refractivity contribution >= 4 is 54.1 Å². The summed E-state index contributed by atoms with van der Waals surface area (Å²) in [6.45, 7) is 0. The molecule has 4 unspecified atom stereocenters. The third-order valence-corrected chi connectivity index (χ3v) is 5.66. The quantitative estimate of drug-likeness (QED) is 0.117. The van der Waals surface area contributed by atoms with E-state index < -0.39 is 60.2 Å². The van der Waals surface area contributed by atoms with Gasteiger partial charge in [-0.2, -0.15) is 24.4 Å². The second kappa shape index (κ2) is 15.2. The summed E-state index contributed by atoms with van der Waals surface area (Å²) in [6.07, 6.45) is 4.27. The van der Waals surface area contributed by atoms with E-state index in [1.807, 2.05) is 0 Å². The van der Waals surface area contributed by atoms with E-state index in [4.69, 9.17) is 10.8 Å². The molecule has 1 heterocycles. The van der Waals surface area contributed by atoms with Gasteiger partial charge in [-0.05, 0) is 24.9 Å². The van der Waals surface area contributed by atoms with Crippen LogP contribution in [0.4, 0.5) is 0 Å². The lowest BCUT2D eigenvalue weighted by Gasteiger charge is -2.24. The molecule has 0 fully saturated rings. The lowest BCUT2D eigenvalue weighted by Crippen LogP contribution is -2.57. The van der Waals surface area contributed by atoms with Crippen LogP contribution in [0.2, 0.25) is 0 Å². The van der Waals surface area contributed by atoms with Gasteiger partial charge in [-0.15, -0.1) is 0 Å². The number of carboxylic acid groups (broad SMARTS) is 2. The van der Waals surface area contributed by atoms with E-state index in [9.17, 15) is 29.1 Å². The molecule has 4 atom stereocenters. The summed E-state index contributed by atoms with van der Waals surface area (Å²) in [5.74, 6) is -4.39. The Hall–Kier alpha value is -2.78. The third-order valence-electron chi connectivity index (χ3n) is 4.65. The molecule has 34 heavy (non-hydrogen) atoms. The zero-order valence-electron chi connectivity index (χ0n) is 18.5. The molecule has 0 bridgehead atoms. The first-order valence-corrected chi connectivity index (χ1v) is 12.3. The van der Waals surface area contributed by atoms with Gasteiger partial charge in [0.2, 0.25) is 17.7 Å². The molecule has 1 aromatic rings. The fourth-order valence-electron chi connectivity index (χ4n) is 2.77. The number of aliphatic carboxylic acids is 2. The summed E-state index contributed by atoms with van der Waals surface area (Å²) >= 11 is 5.46. The summed E-state index contributed by atoms with van der Waals surface area (Å²) in [7, 11) is 0. The molecule has 0 aromatic carbocycles. The number of H-pyrrole nitrogens is 1. The first-order valence-electron chi connectivity index (χ1n) is 10.3. The van der Waals surface area contributed by atoms with Crippen molar-refractivity contribution in [2.24, 2.45) is 5.73 Å². The molecule has 1 aromatic heterocycles. The van der Waals surface area contributed by atoms with E-state index in [0.29, 0.717) is 11.4 Å². The Balaban J connectivity index is 2.83. The predicted molar refractivity (Wildman–Crippen MR) is 127 cm³/mol. The maximum Gasteiger partial charge on any atom is 0.326 e. The molecule has 0 spiro atoms. The largest absolute Gasteiger partial charge is 0.481 e. The van der Waals surface area contributed by atoms with Crippen LogP contribution in [0, 0.1) is 0 Å². The van der Waals surface area contributed by atoms with E-state index >= 15 is 0 Å². The molecule has 8 N–H and O–H groups in total. The molecule has 3 amide bonds. The van der Waals surface area contributed by atoms with Crippen LogP contribution in [0.5, 0.6) is 0 Å². The molecular weight excluding hydrogens is 488 g/mol. The number of hydrogen-bond donors (Lipinski definition) is 8. The second-order valence-corrected chi connectivity index (χ2v) is 8.66. The van der Waals surface area contributed by atoms with E-state index in [1.165, 1.54) is 24.3 Å². The van der Waals surface area contributed by atoms with Crippen LogP contribution in [0.15, 0.2) is 12.5 Å². The number of aromatic amines is 1. The molecular formula is C19H30N6O7S2. The molecule has 0 aliphatic heterocycles. The molecule has 0 aliphatic rings. The highest BCUT2D eigenvalue weighted by Gasteiger charge is 2.30. The number of thiol groups is 1. The second-order valence-electron chi connectivity index (χ2n) is 7.31. The van der Waals surface area contributed by atoms with Crippen LogP contribution in [-0.2, 0) is 30.4 Å². The minimum Gasteiger partial charge on any atom is -0.481 e. The lowest BCUT2D eigenvalue weighted by atomic mass is 10.1. The van der Waals surface area contributed by atoms with E-state index in [1.54, 1.807) is 6.26 Å². The van der Waals surface area contributed by atoms with Crippen LogP contribution in [0.25, 0.3) is 0 Å². The van der Waals surface area contributed by atoms with Gasteiger partial charge in [0.05, 0.1) is 12.4 Å².